The van der Waals surface area contributed by atoms with Crippen LogP contribution in [0.2, 0.25) is 0 Å². The van der Waals surface area contributed by atoms with Crippen LogP contribution < -0.4 is 11.2 Å². The molecule has 26 heavy (non-hydrogen) atoms. The highest BCUT2D eigenvalue weighted by Gasteiger charge is 2.06. The predicted octanol–water partition coefficient (Wildman–Crippen LogP) is 5.33. The minimum atomic E-state index is 0.100. The van der Waals surface area contributed by atoms with Gasteiger partial charge in [0.15, 0.2) is 5.43 Å². The highest BCUT2D eigenvalue weighted by molar-refractivity contribution is 7.24. The molecule has 0 radical (unpaired) electrons. The second kappa shape index (κ2) is 10.4. The molecule has 0 saturated carbocycles. The molecule has 0 fully saturated rings. The normalized spacial score (nSPS) is 11.0. The van der Waals surface area contributed by atoms with E-state index in [0.29, 0.717) is 19.8 Å². The van der Waals surface area contributed by atoms with Gasteiger partial charge in [0.25, 0.3) is 0 Å². The maximum atomic E-state index is 12.6. The highest BCUT2D eigenvalue weighted by Crippen LogP contribution is 2.25. The summed E-state index contributed by atoms with van der Waals surface area (Å²) in [5.74, 6) is 0.884. The molecule has 0 amide bonds. The van der Waals surface area contributed by atoms with Crippen molar-refractivity contribution in [3.8, 4) is 0 Å². The number of benzene rings is 2. The molecule has 0 saturated heterocycles. The summed E-state index contributed by atoms with van der Waals surface area (Å²) in [4.78, 5) is 12.6. The fourth-order valence-electron chi connectivity index (χ4n) is 2.32. The van der Waals surface area contributed by atoms with Crippen LogP contribution in [0.4, 0.5) is 0 Å². The maximum Gasteiger partial charge on any atom is 0.195 e. The van der Waals surface area contributed by atoms with Gasteiger partial charge in [-0.2, -0.15) is 0 Å². The Balaban J connectivity index is 0.000000431. The van der Waals surface area contributed by atoms with E-state index in [1.54, 1.807) is 11.3 Å². The number of ether oxygens (including phenoxy) is 1. The molecule has 3 aromatic rings. The van der Waals surface area contributed by atoms with Crippen LogP contribution in [0.5, 0.6) is 0 Å². The SMILES string of the molecule is CCC(C)C.NCCCOCc1ccc2sc3ccccc3c(=O)c2c1. The van der Waals surface area contributed by atoms with Crippen molar-refractivity contribution in [1.82, 2.24) is 0 Å². The Morgan fingerprint density at radius 3 is 2.46 bits per heavy atom. The predicted molar refractivity (Wildman–Crippen MR) is 114 cm³/mol. The number of rotatable bonds is 6. The highest BCUT2D eigenvalue weighted by atomic mass is 32.1. The van der Waals surface area contributed by atoms with Crippen LogP contribution in [0.3, 0.4) is 0 Å². The van der Waals surface area contributed by atoms with Crippen molar-refractivity contribution in [1.29, 1.82) is 0 Å². The molecule has 0 spiro atoms. The maximum absolute atomic E-state index is 12.6. The van der Waals surface area contributed by atoms with Gasteiger partial charge in [-0.15, -0.1) is 11.3 Å². The second-order valence-corrected chi connectivity index (χ2v) is 7.84. The van der Waals surface area contributed by atoms with Crippen molar-refractivity contribution in [3.63, 3.8) is 0 Å². The number of fused-ring (bicyclic) bond motifs is 2. The third-order valence-corrected chi connectivity index (χ3v) is 5.37. The Hall–Kier alpha value is -1.75. The van der Waals surface area contributed by atoms with Gasteiger partial charge in [-0.25, -0.2) is 0 Å². The lowest BCUT2D eigenvalue weighted by Crippen LogP contribution is -2.05. The zero-order valence-electron chi connectivity index (χ0n) is 16.0. The lowest BCUT2D eigenvalue weighted by atomic mass is 10.1. The van der Waals surface area contributed by atoms with E-state index in [1.165, 1.54) is 6.42 Å². The van der Waals surface area contributed by atoms with E-state index in [4.69, 9.17) is 10.5 Å². The Kier molecular flexibility index (Phi) is 8.23. The number of hydrogen-bond acceptors (Lipinski definition) is 4. The van der Waals surface area contributed by atoms with Gasteiger partial charge in [-0.05, 0) is 48.7 Å². The fourth-order valence-corrected chi connectivity index (χ4v) is 3.37. The van der Waals surface area contributed by atoms with E-state index < -0.39 is 0 Å². The van der Waals surface area contributed by atoms with E-state index >= 15 is 0 Å². The van der Waals surface area contributed by atoms with Gasteiger partial charge in [-0.3, -0.25) is 4.79 Å². The van der Waals surface area contributed by atoms with Crippen LogP contribution in [0.1, 0.15) is 39.2 Å². The van der Waals surface area contributed by atoms with Gasteiger partial charge < -0.3 is 10.5 Å². The zero-order valence-corrected chi connectivity index (χ0v) is 16.8. The first-order chi connectivity index (χ1) is 12.6. The third kappa shape index (κ3) is 5.63. The first-order valence-corrected chi connectivity index (χ1v) is 10.1. The molecular weight excluding hydrogens is 342 g/mol. The molecule has 3 nitrogen and oxygen atoms in total. The minimum absolute atomic E-state index is 0.100. The molecule has 1 aromatic heterocycles. The van der Waals surface area contributed by atoms with Gasteiger partial charge in [0.1, 0.15) is 0 Å². The topological polar surface area (TPSA) is 52.3 Å². The summed E-state index contributed by atoms with van der Waals surface area (Å²) in [7, 11) is 0. The Morgan fingerprint density at radius 2 is 1.77 bits per heavy atom. The monoisotopic (exact) mass is 371 g/mol. The summed E-state index contributed by atoms with van der Waals surface area (Å²) in [6, 6.07) is 13.7. The summed E-state index contributed by atoms with van der Waals surface area (Å²) in [6.45, 7) is 8.45. The molecule has 0 atom stereocenters. The van der Waals surface area contributed by atoms with Gasteiger partial charge in [0.2, 0.25) is 0 Å². The molecule has 2 aromatic carbocycles. The summed E-state index contributed by atoms with van der Waals surface area (Å²) in [5.41, 5.74) is 6.56. The molecule has 3 rings (SSSR count). The van der Waals surface area contributed by atoms with E-state index in [-0.39, 0.29) is 5.43 Å². The summed E-state index contributed by atoms with van der Waals surface area (Å²) in [5, 5.41) is 1.56. The molecule has 0 aliphatic carbocycles. The van der Waals surface area contributed by atoms with Gasteiger partial charge in [0.05, 0.1) is 6.61 Å². The van der Waals surface area contributed by atoms with Crippen molar-refractivity contribution in [3.05, 3.63) is 58.3 Å². The van der Waals surface area contributed by atoms with Crippen LogP contribution in [0, 0.1) is 5.92 Å². The smallest absolute Gasteiger partial charge is 0.195 e. The van der Waals surface area contributed by atoms with Crippen molar-refractivity contribution in [2.45, 2.75) is 40.2 Å². The Morgan fingerprint density at radius 1 is 1.08 bits per heavy atom. The second-order valence-electron chi connectivity index (χ2n) is 6.75. The van der Waals surface area contributed by atoms with Crippen molar-refractivity contribution in [2.75, 3.05) is 13.2 Å². The lowest BCUT2D eigenvalue weighted by Gasteiger charge is -2.06. The zero-order chi connectivity index (χ0) is 18.9. The molecule has 0 bridgehead atoms. The summed E-state index contributed by atoms with van der Waals surface area (Å²) in [6.07, 6.45) is 2.16. The largest absolute Gasteiger partial charge is 0.377 e. The van der Waals surface area contributed by atoms with E-state index in [0.717, 1.165) is 38.1 Å². The van der Waals surface area contributed by atoms with Crippen molar-refractivity contribution < 1.29 is 4.74 Å². The average Bonchev–Trinajstić information content (AvgIpc) is 2.66. The quantitative estimate of drug-likeness (QED) is 0.470. The van der Waals surface area contributed by atoms with Crippen LogP contribution in [-0.4, -0.2) is 13.2 Å². The molecule has 2 N–H and O–H groups in total. The summed E-state index contributed by atoms with van der Waals surface area (Å²) >= 11 is 1.65. The van der Waals surface area contributed by atoms with Gasteiger partial charge in [-0.1, -0.05) is 45.4 Å². The van der Waals surface area contributed by atoms with Crippen molar-refractivity contribution in [2.24, 2.45) is 11.7 Å². The van der Waals surface area contributed by atoms with Crippen molar-refractivity contribution >= 4 is 31.5 Å². The number of hydrogen-bond donors (Lipinski definition) is 1. The molecule has 0 aliphatic heterocycles. The molecule has 1 heterocycles. The molecule has 0 aliphatic rings. The van der Waals surface area contributed by atoms with E-state index in [1.807, 2.05) is 42.5 Å². The minimum Gasteiger partial charge on any atom is -0.377 e. The van der Waals surface area contributed by atoms with Crippen LogP contribution in [0.15, 0.2) is 47.3 Å². The fraction of sp³-hybridized carbons (Fsp3) is 0.409. The Labute approximate surface area is 159 Å². The standard InChI is InChI=1S/C17H17NO2S.C5H12/c18-8-3-9-20-11-12-6-7-16-14(10-12)17(19)13-4-1-2-5-15(13)21-16;1-4-5(2)3/h1-2,4-7,10H,3,8-9,11,18H2;5H,4H2,1-3H3. The first kappa shape index (κ1) is 20.6. The average molecular weight is 372 g/mol. The van der Waals surface area contributed by atoms with Gasteiger partial charge in [0, 0.05) is 26.8 Å². The van der Waals surface area contributed by atoms with Crippen LogP contribution in [0.25, 0.3) is 20.2 Å². The molecular formula is C22H29NO2S. The molecule has 0 unspecified atom stereocenters. The molecule has 4 heteroatoms. The van der Waals surface area contributed by atoms with Gasteiger partial charge >= 0.3 is 0 Å². The third-order valence-electron chi connectivity index (χ3n) is 4.22. The number of nitrogens with two attached hydrogens (primary N) is 1. The van der Waals surface area contributed by atoms with Crippen LogP contribution >= 0.6 is 11.3 Å². The van der Waals surface area contributed by atoms with Crippen LogP contribution in [-0.2, 0) is 11.3 Å². The Bertz CT molecular complexity index is 886. The van der Waals surface area contributed by atoms with E-state index in [9.17, 15) is 4.79 Å². The van der Waals surface area contributed by atoms with E-state index in [2.05, 4.69) is 20.8 Å². The molecule has 140 valence electrons. The first-order valence-electron chi connectivity index (χ1n) is 9.29. The summed E-state index contributed by atoms with van der Waals surface area (Å²) < 4.78 is 7.61. The lowest BCUT2D eigenvalue weighted by molar-refractivity contribution is 0.120.